The molecule has 2 unspecified atom stereocenters. The molecule has 33 nitrogen and oxygen atoms in total. The van der Waals surface area contributed by atoms with Gasteiger partial charge in [0.15, 0.2) is 35.7 Å². The molecule has 24 N–H and O–H groups in total. The van der Waals surface area contributed by atoms with Gasteiger partial charge < -0.3 is 119 Å². The Labute approximate surface area is 514 Å². The fraction of sp³-hybridized carbons (Fsp3) is 0.808. The zero-order valence-electron chi connectivity index (χ0n) is 48.8. The van der Waals surface area contributed by atoms with E-state index in [9.17, 15) is 109 Å². The smallest absolute Gasteiger partial charge is 0.321 e. The number of ketones is 4. The number of unbranched alkanes of at least 4 members (excludes halogenated alkanes) is 1. The molecule has 4 amide bonds. The fourth-order valence-corrected chi connectivity index (χ4v) is 8.16. The van der Waals surface area contributed by atoms with Crippen LogP contribution in [0.3, 0.4) is 0 Å². The maximum atomic E-state index is 12.1. The molecule has 0 aliphatic heterocycles. The lowest BCUT2D eigenvalue weighted by Crippen LogP contribution is -2.53. The van der Waals surface area contributed by atoms with E-state index in [1.165, 1.54) is 18.7 Å². The first kappa shape index (κ1) is 88.9. The van der Waals surface area contributed by atoms with Gasteiger partial charge in [-0.1, -0.05) is 34.6 Å². The van der Waals surface area contributed by atoms with Gasteiger partial charge in [-0.05, 0) is 32.1 Å². The van der Waals surface area contributed by atoms with E-state index >= 15 is 0 Å². The first-order valence-corrected chi connectivity index (χ1v) is 30.0. The van der Waals surface area contributed by atoms with Crippen LogP contribution in [0.5, 0.6) is 0 Å². The average molecular weight is 1300 g/mol. The minimum atomic E-state index is -2.19. The van der Waals surface area contributed by atoms with Crippen LogP contribution in [0.1, 0.15) is 92.4 Å². The first-order chi connectivity index (χ1) is 40.4. The Kier molecular flexibility index (Phi) is 54.6. The lowest BCUT2D eigenvalue weighted by molar-refractivity contribution is -0.154. The van der Waals surface area contributed by atoms with Gasteiger partial charge in [0.05, 0.1) is 30.6 Å². The lowest BCUT2D eigenvalue weighted by atomic mass is 9.97. The second-order valence-electron chi connectivity index (χ2n) is 19.2. The number of carboxylic acids is 2. The Bertz CT molecular complexity index is 1840. The van der Waals surface area contributed by atoms with Crippen molar-refractivity contribution in [2.45, 2.75) is 172 Å². The van der Waals surface area contributed by atoms with Gasteiger partial charge in [0.25, 0.3) is 17.7 Å². The number of rotatable bonds is 49. The molecule has 0 radical (unpaired) electrons. The molecule has 0 spiro atoms. The summed E-state index contributed by atoms with van der Waals surface area (Å²) < 4.78 is 10.2. The molecule has 14 atom stereocenters. The third kappa shape index (κ3) is 41.4. The van der Waals surface area contributed by atoms with Gasteiger partial charge in [-0.3, -0.25) is 47.9 Å². The van der Waals surface area contributed by atoms with Crippen molar-refractivity contribution in [2.75, 3.05) is 88.7 Å². The quantitative estimate of drug-likeness (QED) is 0.0252. The Morgan fingerprint density at radius 3 is 1.28 bits per heavy atom. The van der Waals surface area contributed by atoms with E-state index in [4.69, 9.17) is 36.9 Å². The summed E-state index contributed by atoms with van der Waals surface area (Å²) in [7, 11) is 0. The number of nitrogens with two attached hydrogens (primary N) is 3. The zero-order valence-corrected chi connectivity index (χ0v) is 50.4. The average Bonchev–Trinajstić information content (AvgIpc) is 3.42. The van der Waals surface area contributed by atoms with E-state index in [2.05, 4.69) is 21.3 Å². The Morgan fingerprint density at radius 1 is 0.437 bits per heavy atom. The molecule has 0 saturated heterocycles. The molecular weight excluding hydrogens is 1200 g/mol. The van der Waals surface area contributed by atoms with Crippen molar-refractivity contribution in [1.82, 2.24) is 21.3 Å². The highest BCUT2D eigenvalue weighted by atomic mass is 32.2. The molecule has 0 bridgehead atoms. The van der Waals surface area contributed by atoms with Gasteiger partial charge in [-0.15, -0.1) is 11.8 Å². The molecule has 0 aromatic rings. The van der Waals surface area contributed by atoms with Crippen LogP contribution in [-0.4, -0.2) is 298 Å². The molecular formula is C52H99N7O26S2. The standard InChI is InChI=1S/C23H39N3O12S2.C16H32N2O8.C12H24N2O6.CH4/c1-12(22(35)36)8-39-9-13(27)4-2-7-26-21(34)20(33)19(32)18(31)17(30)15(28)5-3-6-25-16(29)11-40-10-14(24)23(37)38;1-2-7-25-8-3-4-11(19)12(20)13(21)14(22)15(23)16(24)18-6-10-26-9-5-17;1-2-3-4-7(15)8(16)9(17)10(18)11(19)12(20)14-6-5-13;/h12,14,17-20,30-33H,2-11,24H2,1H3,(H,25,29)(H,26,34)(H,35,36)(H,37,38);12-15,20-23H,2-10,17H2,1H3,(H,18,24);8-11,16-19H,2-6,13H2,1H3,(H,14,20);1H4/t12?,14?,17-,18+,19+,20-;12-,13+,14+,15-;8-,9+,10+,11-;/m000./s1. The lowest BCUT2D eigenvalue weighted by Gasteiger charge is -2.25. The molecule has 510 valence electrons. The topological polar surface area (TPSA) is 599 Å². The van der Waals surface area contributed by atoms with Gasteiger partial charge in [-0.2, -0.15) is 11.8 Å². The van der Waals surface area contributed by atoms with E-state index in [1.54, 1.807) is 0 Å². The number of aliphatic hydroxyl groups is 12. The second-order valence-corrected chi connectivity index (χ2v) is 21.3. The van der Waals surface area contributed by atoms with Crippen molar-refractivity contribution in [2.24, 2.45) is 23.1 Å². The number of aliphatic carboxylic acids is 2. The largest absolute Gasteiger partial charge is 0.481 e. The Morgan fingerprint density at radius 2 is 0.839 bits per heavy atom. The van der Waals surface area contributed by atoms with E-state index in [0.29, 0.717) is 39.2 Å². The van der Waals surface area contributed by atoms with E-state index in [-0.39, 0.29) is 114 Å². The summed E-state index contributed by atoms with van der Waals surface area (Å²) in [5, 5.41) is 144. The van der Waals surface area contributed by atoms with Gasteiger partial charge >= 0.3 is 11.9 Å². The number of nitrogens with one attached hydrogen (secondary N) is 4. The summed E-state index contributed by atoms with van der Waals surface area (Å²) in [4.78, 5) is 115. The summed E-state index contributed by atoms with van der Waals surface area (Å²) in [5.74, 6) is -8.17. The second kappa shape index (κ2) is 53.4. The van der Waals surface area contributed by atoms with Crippen LogP contribution in [0.15, 0.2) is 0 Å². The number of carbonyl (C=O) groups is 10. The third-order valence-corrected chi connectivity index (χ3v) is 14.0. The van der Waals surface area contributed by atoms with Crippen LogP contribution in [0.2, 0.25) is 0 Å². The monoisotopic (exact) mass is 1300 g/mol. The summed E-state index contributed by atoms with van der Waals surface area (Å²) in [6.45, 7) is 7.34. The number of amides is 4. The number of carbonyl (C=O) groups excluding carboxylic acids is 8. The van der Waals surface area contributed by atoms with Crippen molar-refractivity contribution >= 4 is 82.2 Å². The van der Waals surface area contributed by atoms with Gasteiger partial charge in [-0.25, -0.2) is 0 Å². The number of aliphatic hydroxyl groups excluding tert-OH is 12. The van der Waals surface area contributed by atoms with Crippen molar-refractivity contribution in [3.8, 4) is 0 Å². The predicted molar refractivity (Wildman–Crippen MR) is 315 cm³/mol. The highest BCUT2D eigenvalue weighted by molar-refractivity contribution is 8.00. The highest BCUT2D eigenvalue weighted by Gasteiger charge is 2.39. The van der Waals surface area contributed by atoms with Gasteiger partial charge in [0, 0.05) is 89.7 Å². The van der Waals surface area contributed by atoms with Crippen LogP contribution in [-0.2, 0) is 57.4 Å². The summed E-state index contributed by atoms with van der Waals surface area (Å²) in [6.07, 6.45) is -21.7. The number of carboxylic acid groups (broad SMARTS) is 2. The number of hydrogen-bond acceptors (Lipinski definition) is 29. The summed E-state index contributed by atoms with van der Waals surface area (Å²) >= 11 is 2.20. The molecule has 0 aromatic carbocycles. The van der Waals surface area contributed by atoms with Crippen LogP contribution in [0, 0.1) is 5.92 Å². The Hall–Kier alpha value is -4.48. The number of ether oxygens (including phenoxy) is 2. The maximum absolute atomic E-state index is 12.1. The molecule has 0 heterocycles. The van der Waals surface area contributed by atoms with Crippen LogP contribution in [0.25, 0.3) is 0 Å². The van der Waals surface area contributed by atoms with Crippen LogP contribution < -0.4 is 38.5 Å². The maximum Gasteiger partial charge on any atom is 0.321 e. The van der Waals surface area contributed by atoms with E-state index in [1.807, 2.05) is 13.8 Å². The minimum Gasteiger partial charge on any atom is -0.481 e. The zero-order chi connectivity index (χ0) is 66.5. The number of thioether (sulfide) groups is 2. The summed E-state index contributed by atoms with van der Waals surface area (Å²) in [6, 6.07) is -1.10. The highest BCUT2D eigenvalue weighted by Crippen LogP contribution is 2.14. The van der Waals surface area contributed by atoms with Crippen molar-refractivity contribution in [3.63, 3.8) is 0 Å². The van der Waals surface area contributed by atoms with E-state index in [0.717, 1.165) is 24.6 Å². The van der Waals surface area contributed by atoms with Gasteiger partial charge in [0.1, 0.15) is 66.8 Å². The molecule has 0 saturated carbocycles. The number of Topliss-reactive ketones (excluding diaryl/α,β-unsaturated/α-hetero) is 4. The van der Waals surface area contributed by atoms with Crippen molar-refractivity contribution in [1.29, 1.82) is 0 Å². The molecule has 0 aromatic heterocycles. The van der Waals surface area contributed by atoms with Crippen molar-refractivity contribution in [3.05, 3.63) is 0 Å². The summed E-state index contributed by atoms with van der Waals surface area (Å²) in [5.41, 5.74) is 15.7. The first-order valence-electron chi connectivity index (χ1n) is 27.7. The normalized spacial score (nSPS) is 15.9. The fourth-order valence-electron chi connectivity index (χ4n) is 6.37. The number of hydrogen-bond donors (Lipinski definition) is 21. The van der Waals surface area contributed by atoms with Crippen LogP contribution >= 0.6 is 23.5 Å². The molecule has 0 aliphatic rings. The molecule has 0 rings (SSSR count). The third-order valence-electron chi connectivity index (χ3n) is 11.6. The molecule has 87 heavy (non-hydrogen) atoms. The molecule has 0 aliphatic carbocycles. The van der Waals surface area contributed by atoms with Gasteiger partial charge in [0.2, 0.25) is 5.91 Å². The van der Waals surface area contributed by atoms with E-state index < -0.39 is 138 Å². The minimum absolute atomic E-state index is 0. The van der Waals surface area contributed by atoms with Crippen molar-refractivity contribution < 1.29 is 129 Å². The SMILES string of the molecule is C.CC(CSCC(=O)CCCNC(=O)[C@@H](O)[C@H](O)[C@H](O)[C@@H](O)C(=O)CCCNC(=O)CSCC(N)C(=O)O)C(=O)O.CCCCC(=O)[C@H](O)[C@@H](O)[C@@H](O)[C@H](O)C(=O)NCCN.CCCOCCCC(=O)[C@H](O)[C@@H](O)[C@@H](O)[C@H](O)C(=O)NCCOCCN. The van der Waals surface area contributed by atoms with Crippen LogP contribution in [0.4, 0.5) is 0 Å². The predicted octanol–water partition coefficient (Wildman–Crippen LogP) is -7.84. The Balaban J connectivity index is -0.000000632. The molecule has 35 heteroatoms. The molecule has 0 fully saturated rings.